The van der Waals surface area contributed by atoms with Crippen molar-refractivity contribution in [3.63, 3.8) is 0 Å². The van der Waals surface area contributed by atoms with Crippen LogP contribution in [0.3, 0.4) is 0 Å². The van der Waals surface area contributed by atoms with Crippen LogP contribution in [-0.2, 0) is 32.1 Å². The summed E-state index contributed by atoms with van der Waals surface area (Å²) >= 11 is 0. The molecule has 2 rings (SSSR count). The van der Waals surface area contributed by atoms with E-state index in [0.29, 0.717) is 6.42 Å². The van der Waals surface area contributed by atoms with E-state index >= 15 is 0 Å². The average Bonchev–Trinajstić information content (AvgIpc) is 2.60. The van der Waals surface area contributed by atoms with Crippen molar-refractivity contribution in [1.82, 2.24) is 0 Å². The Morgan fingerprint density at radius 2 is 1.48 bits per heavy atom. The summed E-state index contributed by atoms with van der Waals surface area (Å²) in [4.78, 5) is 23.9. The minimum absolute atomic E-state index is 0.0129. The summed E-state index contributed by atoms with van der Waals surface area (Å²) < 4.78 is 10.0. The number of methoxy groups -OCH3 is 1. The second-order valence-electron chi connectivity index (χ2n) is 5.26. The van der Waals surface area contributed by atoms with Gasteiger partial charge in [0.15, 0.2) is 0 Å². The summed E-state index contributed by atoms with van der Waals surface area (Å²) in [6, 6.07) is 19.0. The van der Waals surface area contributed by atoms with E-state index in [0.717, 1.165) is 11.1 Å². The fraction of sp³-hybridized carbons (Fsp3) is 0.263. The van der Waals surface area contributed by atoms with E-state index in [1.165, 1.54) is 7.11 Å². The summed E-state index contributed by atoms with van der Waals surface area (Å²) in [5.74, 6) is -1.35. The molecule has 0 fully saturated rings. The number of carbonyl (C=O) groups excluding carboxylic acids is 2. The number of esters is 2. The molecule has 0 bridgehead atoms. The van der Waals surface area contributed by atoms with Crippen molar-refractivity contribution in [3.8, 4) is 0 Å². The quantitative estimate of drug-likeness (QED) is 0.737. The van der Waals surface area contributed by atoms with Gasteiger partial charge in [0.1, 0.15) is 6.61 Å². The highest BCUT2D eigenvalue weighted by atomic mass is 16.5. The summed E-state index contributed by atoms with van der Waals surface area (Å²) in [5, 5.41) is 0. The maximum absolute atomic E-state index is 12.3. The smallest absolute Gasteiger partial charge is 0.310 e. The summed E-state index contributed by atoms with van der Waals surface area (Å²) in [6.07, 6.45) is 0.461. The third kappa shape index (κ3) is 5.58. The van der Waals surface area contributed by atoms with Gasteiger partial charge in [-0.15, -0.1) is 0 Å². The molecule has 2 aromatic carbocycles. The van der Waals surface area contributed by atoms with Gasteiger partial charge in [0, 0.05) is 0 Å². The predicted octanol–water partition coefficient (Wildman–Crippen LogP) is 3.15. The molecule has 4 nitrogen and oxygen atoms in total. The second kappa shape index (κ2) is 8.73. The van der Waals surface area contributed by atoms with Crippen LogP contribution in [0.25, 0.3) is 0 Å². The van der Waals surface area contributed by atoms with Crippen molar-refractivity contribution in [3.05, 3.63) is 71.8 Å². The van der Waals surface area contributed by atoms with Crippen molar-refractivity contribution >= 4 is 11.9 Å². The monoisotopic (exact) mass is 312 g/mol. The molecule has 0 saturated heterocycles. The molecular weight excluding hydrogens is 292 g/mol. The Balaban J connectivity index is 2.00. The highest BCUT2D eigenvalue weighted by Crippen LogP contribution is 2.16. The van der Waals surface area contributed by atoms with Gasteiger partial charge in [0.05, 0.1) is 19.4 Å². The fourth-order valence-electron chi connectivity index (χ4n) is 2.27. The molecule has 1 atom stereocenters. The van der Waals surface area contributed by atoms with Crippen molar-refractivity contribution < 1.29 is 19.1 Å². The largest absolute Gasteiger partial charge is 0.469 e. The molecule has 1 unspecified atom stereocenters. The van der Waals surface area contributed by atoms with Crippen LogP contribution in [0.5, 0.6) is 0 Å². The topological polar surface area (TPSA) is 52.6 Å². The van der Waals surface area contributed by atoms with Crippen molar-refractivity contribution in [1.29, 1.82) is 0 Å². The van der Waals surface area contributed by atoms with Crippen LogP contribution in [0.4, 0.5) is 0 Å². The minimum atomic E-state index is -0.548. The van der Waals surface area contributed by atoms with Crippen LogP contribution in [0.1, 0.15) is 17.5 Å². The van der Waals surface area contributed by atoms with Crippen LogP contribution in [-0.4, -0.2) is 19.0 Å². The molecule has 0 aliphatic rings. The first-order chi connectivity index (χ1) is 11.2. The fourth-order valence-corrected chi connectivity index (χ4v) is 2.27. The van der Waals surface area contributed by atoms with Crippen molar-refractivity contribution in [2.75, 3.05) is 7.11 Å². The normalized spacial score (nSPS) is 11.5. The number of rotatable bonds is 7. The Morgan fingerprint density at radius 3 is 2.04 bits per heavy atom. The summed E-state index contributed by atoms with van der Waals surface area (Å²) in [7, 11) is 1.32. The zero-order valence-electron chi connectivity index (χ0n) is 13.1. The molecule has 0 amide bonds. The first kappa shape index (κ1) is 16.7. The second-order valence-corrected chi connectivity index (χ2v) is 5.26. The molecule has 0 saturated carbocycles. The predicted molar refractivity (Wildman–Crippen MR) is 86.5 cm³/mol. The van der Waals surface area contributed by atoms with Crippen LogP contribution in [0, 0.1) is 5.92 Å². The van der Waals surface area contributed by atoms with Crippen LogP contribution in [0.2, 0.25) is 0 Å². The van der Waals surface area contributed by atoms with E-state index < -0.39 is 11.9 Å². The lowest BCUT2D eigenvalue weighted by molar-refractivity contribution is -0.155. The van der Waals surface area contributed by atoms with E-state index in [9.17, 15) is 9.59 Å². The maximum atomic E-state index is 12.3. The van der Waals surface area contributed by atoms with Crippen molar-refractivity contribution in [2.24, 2.45) is 5.92 Å². The SMILES string of the molecule is COC(=O)CC(Cc1ccccc1)C(=O)OCc1ccccc1. The Morgan fingerprint density at radius 1 is 0.913 bits per heavy atom. The molecule has 0 spiro atoms. The standard InChI is InChI=1S/C19H20O4/c1-22-18(20)13-17(12-15-8-4-2-5-9-15)19(21)23-14-16-10-6-3-7-11-16/h2-11,17H,12-14H2,1H3. The lowest BCUT2D eigenvalue weighted by Crippen LogP contribution is -2.23. The Bertz CT molecular complexity index is 622. The zero-order valence-corrected chi connectivity index (χ0v) is 13.1. The molecule has 4 heteroatoms. The van der Waals surface area contributed by atoms with E-state index in [2.05, 4.69) is 4.74 Å². The van der Waals surface area contributed by atoms with Gasteiger partial charge in [-0.25, -0.2) is 0 Å². The lowest BCUT2D eigenvalue weighted by atomic mass is 9.96. The molecule has 0 aliphatic heterocycles. The lowest BCUT2D eigenvalue weighted by Gasteiger charge is -2.15. The third-order valence-electron chi connectivity index (χ3n) is 3.52. The zero-order chi connectivity index (χ0) is 16.5. The van der Waals surface area contributed by atoms with Crippen molar-refractivity contribution in [2.45, 2.75) is 19.4 Å². The molecule has 0 radical (unpaired) electrons. The molecule has 23 heavy (non-hydrogen) atoms. The molecule has 0 heterocycles. The van der Waals surface area contributed by atoms with Gasteiger partial charge >= 0.3 is 11.9 Å². The number of benzene rings is 2. The Hall–Kier alpha value is -2.62. The molecule has 0 N–H and O–H groups in total. The van der Waals surface area contributed by atoms with Gasteiger partial charge in [-0.2, -0.15) is 0 Å². The molecule has 0 aromatic heterocycles. The van der Waals surface area contributed by atoms with E-state index in [1.54, 1.807) is 0 Å². The van der Waals surface area contributed by atoms with E-state index in [1.807, 2.05) is 60.7 Å². The van der Waals surface area contributed by atoms with Gasteiger partial charge in [0.2, 0.25) is 0 Å². The number of carbonyl (C=O) groups is 2. The van der Waals surface area contributed by atoms with E-state index in [-0.39, 0.29) is 19.0 Å². The highest BCUT2D eigenvalue weighted by molar-refractivity contribution is 5.80. The van der Waals surface area contributed by atoms with Gasteiger partial charge in [-0.3, -0.25) is 9.59 Å². The number of hydrogen-bond acceptors (Lipinski definition) is 4. The van der Waals surface area contributed by atoms with Gasteiger partial charge in [-0.1, -0.05) is 60.7 Å². The summed E-state index contributed by atoms with van der Waals surface area (Å²) in [5.41, 5.74) is 1.90. The number of ether oxygens (including phenoxy) is 2. The van der Waals surface area contributed by atoms with Gasteiger partial charge in [0.25, 0.3) is 0 Å². The number of hydrogen-bond donors (Lipinski definition) is 0. The third-order valence-corrected chi connectivity index (χ3v) is 3.52. The van der Waals surface area contributed by atoms with Crippen LogP contribution >= 0.6 is 0 Å². The first-order valence-corrected chi connectivity index (χ1v) is 7.50. The molecular formula is C19H20O4. The van der Waals surface area contributed by atoms with Gasteiger partial charge < -0.3 is 9.47 Å². The first-order valence-electron chi connectivity index (χ1n) is 7.50. The highest BCUT2D eigenvalue weighted by Gasteiger charge is 2.24. The van der Waals surface area contributed by atoms with E-state index in [4.69, 9.17) is 4.74 Å². The van der Waals surface area contributed by atoms with Crippen LogP contribution in [0.15, 0.2) is 60.7 Å². The molecule has 0 aliphatic carbocycles. The van der Waals surface area contributed by atoms with Gasteiger partial charge in [-0.05, 0) is 17.5 Å². The minimum Gasteiger partial charge on any atom is -0.469 e. The Kier molecular flexibility index (Phi) is 6.36. The van der Waals surface area contributed by atoms with Crippen LogP contribution < -0.4 is 0 Å². The molecule has 2 aromatic rings. The molecule has 120 valence electrons. The summed E-state index contributed by atoms with van der Waals surface area (Å²) in [6.45, 7) is 0.201. The average molecular weight is 312 g/mol. The maximum Gasteiger partial charge on any atom is 0.310 e. The Labute approximate surface area is 136 Å².